The van der Waals surface area contributed by atoms with Crippen molar-refractivity contribution in [2.45, 2.75) is 12.5 Å². The van der Waals surface area contributed by atoms with Crippen LogP contribution in [0.1, 0.15) is 5.69 Å². The highest BCUT2D eigenvalue weighted by Crippen LogP contribution is 2.02. The molecule has 9 nitrogen and oxygen atoms in total. The Balaban J connectivity index is 1.94. The van der Waals surface area contributed by atoms with Gasteiger partial charge in [-0.25, -0.2) is 14.6 Å². The number of hydrogen-bond donors (Lipinski definition) is 4. The lowest BCUT2D eigenvalue weighted by molar-refractivity contribution is -0.139. The molecule has 4 N–H and O–H groups in total. The fraction of sp³-hybridized carbons (Fsp3) is 0.273. The molecule has 2 amide bonds. The van der Waals surface area contributed by atoms with Crippen LogP contribution in [0.3, 0.4) is 0 Å². The second kappa shape index (κ2) is 5.87. The van der Waals surface area contributed by atoms with Gasteiger partial charge in [0.05, 0.1) is 6.33 Å². The number of carbonyl (C=O) groups excluding carboxylic acids is 1. The first-order valence-corrected chi connectivity index (χ1v) is 5.82. The third kappa shape index (κ3) is 3.57. The Kier molecular flexibility index (Phi) is 3.99. The highest BCUT2D eigenvalue weighted by atomic mass is 16.4. The standard InChI is InChI=1S/C11H14N6O3/c1-17-3-2-9(16-17)15-11(20)14-8(10(18)19)4-7-5-12-6-13-7/h2-3,5-6,8H,4H2,1H3,(H,12,13)(H,18,19)(H2,14,15,16,20)/t8-/m0/s1. The molecule has 2 heterocycles. The van der Waals surface area contributed by atoms with Crippen LogP contribution in [0.2, 0.25) is 0 Å². The summed E-state index contributed by atoms with van der Waals surface area (Å²) in [7, 11) is 1.71. The largest absolute Gasteiger partial charge is 0.480 e. The van der Waals surface area contributed by atoms with Crippen LogP contribution in [-0.2, 0) is 18.3 Å². The van der Waals surface area contributed by atoms with Gasteiger partial charge in [-0.3, -0.25) is 10.00 Å². The maximum Gasteiger partial charge on any atom is 0.326 e. The molecular formula is C11H14N6O3. The van der Waals surface area contributed by atoms with E-state index in [2.05, 4.69) is 25.7 Å². The molecule has 2 aromatic heterocycles. The van der Waals surface area contributed by atoms with E-state index in [1.807, 2.05) is 0 Å². The molecule has 0 unspecified atom stereocenters. The number of H-pyrrole nitrogens is 1. The second-order valence-electron chi connectivity index (χ2n) is 4.14. The minimum Gasteiger partial charge on any atom is -0.480 e. The van der Waals surface area contributed by atoms with Crippen LogP contribution >= 0.6 is 0 Å². The molecular weight excluding hydrogens is 264 g/mol. The van der Waals surface area contributed by atoms with Gasteiger partial charge in [-0.2, -0.15) is 5.10 Å². The molecule has 0 radical (unpaired) electrons. The molecule has 0 aliphatic rings. The zero-order valence-electron chi connectivity index (χ0n) is 10.7. The molecule has 0 aliphatic heterocycles. The molecule has 2 rings (SSSR count). The van der Waals surface area contributed by atoms with E-state index in [0.717, 1.165) is 0 Å². The number of nitrogens with zero attached hydrogens (tertiary/aromatic N) is 3. The number of carbonyl (C=O) groups is 2. The van der Waals surface area contributed by atoms with Crippen LogP contribution in [0.4, 0.5) is 10.6 Å². The number of aliphatic carboxylic acids is 1. The molecule has 2 aromatic rings. The fourth-order valence-electron chi connectivity index (χ4n) is 1.61. The summed E-state index contributed by atoms with van der Waals surface area (Å²) in [6.07, 6.45) is 4.73. The zero-order valence-corrected chi connectivity index (χ0v) is 10.7. The van der Waals surface area contributed by atoms with Crippen molar-refractivity contribution in [3.63, 3.8) is 0 Å². The van der Waals surface area contributed by atoms with Gasteiger partial charge in [0.2, 0.25) is 0 Å². The van der Waals surface area contributed by atoms with E-state index < -0.39 is 18.0 Å². The van der Waals surface area contributed by atoms with Crippen molar-refractivity contribution in [2.75, 3.05) is 5.32 Å². The Morgan fingerprint density at radius 1 is 1.55 bits per heavy atom. The molecule has 0 aliphatic carbocycles. The maximum atomic E-state index is 11.7. The molecule has 0 fully saturated rings. The normalized spacial score (nSPS) is 11.8. The first kappa shape index (κ1) is 13.6. The third-order valence-electron chi connectivity index (χ3n) is 2.54. The maximum absolute atomic E-state index is 11.7. The van der Waals surface area contributed by atoms with Crippen molar-refractivity contribution >= 4 is 17.8 Å². The van der Waals surface area contributed by atoms with Gasteiger partial charge >= 0.3 is 12.0 Å². The van der Waals surface area contributed by atoms with Crippen LogP contribution < -0.4 is 10.6 Å². The Labute approximate surface area is 114 Å². The summed E-state index contributed by atoms with van der Waals surface area (Å²) in [4.78, 5) is 29.4. The Morgan fingerprint density at radius 3 is 2.90 bits per heavy atom. The summed E-state index contributed by atoms with van der Waals surface area (Å²) in [5.41, 5.74) is 0.621. The quantitative estimate of drug-likeness (QED) is 0.610. The Hall–Kier alpha value is -2.84. The van der Waals surface area contributed by atoms with Crippen molar-refractivity contribution in [1.82, 2.24) is 25.1 Å². The lowest BCUT2D eigenvalue weighted by atomic mass is 10.2. The Bertz CT molecular complexity index is 591. The van der Waals surface area contributed by atoms with Crippen LogP contribution in [0.25, 0.3) is 0 Å². The zero-order chi connectivity index (χ0) is 14.5. The Morgan fingerprint density at radius 2 is 2.35 bits per heavy atom. The average molecular weight is 278 g/mol. The summed E-state index contributed by atoms with van der Waals surface area (Å²) in [5.74, 6) is -0.786. The number of hydrogen-bond acceptors (Lipinski definition) is 4. The molecule has 1 atom stereocenters. The fourth-order valence-corrected chi connectivity index (χ4v) is 1.61. The smallest absolute Gasteiger partial charge is 0.326 e. The highest BCUT2D eigenvalue weighted by molar-refractivity contribution is 5.91. The molecule has 106 valence electrons. The number of amides is 2. The first-order valence-electron chi connectivity index (χ1n) is 5.82. The van der Waals surface area contributed by atoms with Crippen molar-refractivity contribution < 1.29 is 14.7 Å². The number of rotatable bonds is 5. The predicted molar refractivity (Wildman–Crippen MR) is 69.1 cm³/mol. The minimum absolute atomic E-state index is 0.116. The molecule has 0 aromatic carbocycles. The predicted octanol–water partition coefficient (Wildman–Crippen LogP) is -0.0394. The molecule has 0 bridgehead atoms. The van der Waals surface area contributed by atoms with E-state index in [-0.39, 0.29) is 6.42 Å². The van der Waals surface area contributed by atoms with Gasteiger partial charge in [0.25, 0.3) is 0 Å². The van der Waals surface area contributed by atoms with Gasteiger partial charge in [-0.05, 0) is 0 Å². The number of aromatic amines is 1. The lowest BCUT2D eigenvalue weighted by Crippen LogP contribution is -2.44. The topological polar surface area (TPSA) is 125 Å². The van der Waals surface area contributed by atoms with Crippen molar-refractivity contribution in [1.29, 1.82) is 0 Å². The first-order chi connectivity index (χ1) is 9.54. The van der Waals surface area contributed by atoms with E-state index in [0.29, 0.717) is 11.5 Å². The molecule has 0 saturated carbocycles. The SMILES string of the molecule is Cn1ccc(NC(=O)N[C@@H](Cc2cnc[nH]2)C(=O)O)n1. The number of imidazole rings is 1. The summed E-state index contributed by atoms with van der Waals surface area (Å²) < 4.78 is 1.52. The summed E-state index contributed by atoms with van der Waals surface area (Å²) in [5, 5.41) is 17.9. The minimum atomic E-state index is -1.13. The van der Waals surface area contributed by atoms with E-state index in [4.69, 9.17) is 5.11 Å². The van der Waals surface area contributed by atoms with Crippen LogP contribution in [0.15, 0.2) is 24.8 Å². The van der Waals surface area contributed by atoms with Gasteiger partial charge in [0, 0.05) is 37.6 Å². The summed E-state index contributed by atoms with van der Waals surface area (Å²) >= 11 is 0. The number of anilines is 1. The number of urea groups is 1. The lowest BCUT2D eigenvalue weighted by Gasteiger charge is -2.13. The van der Waals surface area contributed by atoms with Crippen LogP contribution in [0.5, 0.6) is 0 Å². The monoisotopic (exact) mass is 278 g/mol. The van der Waals surface area contributed by atoms with Crippen molar-refractivity contribution in [3.8, 4) is 0 Å². The average Bonchev–Trinajstić information content (AvgIpc) is 3.00. The second-order valence-corrected chi connectivity index (χ2v) is 4.14. The third-order valence-corrected chi connectivity index (χ3v) is 2.54. The van der Waals surface area contributed by atoms with E-state index in [9.17, 15) is 9.59 Å². The van der Waals surface area contributed by atoms with Crippen molar-refractivity contribution in [2.24, 2.45) is 7.05 Å². The van der Waals surface area contributed by atoms with Crippen LogP contribution in [-0.4, -0.2) is 42.9 Å². The highest BCUT2D eigenvalue weighted by Gasteiger charge is 2.21. The van der Waals surface area contributed by atoms with Crippen LogP contribution in [0, 0.1) is 0 Å². The molecule has 0 spiro atoms. The number of carboxylic acid groups (broad SMARTS) is 1. The molecule has 9 heteroatoms. The van der Waals surface area contributed by atoms with Gasteiger partial charge in [-0.15, -0.1) is 0 Å². The number of aromatic nitrogens is 4. The van der Waals surface area contributed by atoms with Crippen molar-refractivity contribution in [3.05, 3.63) is 30.5 Å². The van der Waals surface area contributed by atoms with E-state index >= 15 is 0 Å². The van der Waals surface area contributed by atoms with E-state index in [1.54, 1.807) is 19.3 Å². The number of carboxylic acids is 1. The van der Waals surface area contributed by atoms with E-state index in [1.165, 1.54) is 17.2 Å². The van der Waals surface area contributed by atoms with Gasteiger partial charge < -0.3 is 15.4 Å². The molecule has 0 saturated heterocycles. The van der Waals surface area contributed by atoms with Gasteiger partial charge in [0.15, 0.2) is 5.82 Å². The number of aryl methyl sites for hydroxylation is 1. The number of nitrogens with one attached hydrogen (secondary N) is 3. The van der Waals surface area contributed by atoms with Gasteiger partial charge in [0.1, 0.15) is 6.04 Å². The van der Waals surface area contributed by atoms with Gasteiger partial charge in [-0.1, -0.05) is 0 Å². The summed E-state index contributed by atoms with van der Waals surface area (Å²) in [6.45, 7) is 0. The molecule has 20 heavy (non-hydrogen) atoms. The summed E-state index contributed by atoms with van der Waals surface area (Å²) in [6, 6.07) is -0.0840.